The Bertz CT molecular complexity index is 722. The predicted octanol–water partition coefficient (Wildman–Crippen LogP) is 3.43. The van der Waals surface area contributed by atoms with E-state index >= 15 is 0 Å². The van der Waals surface area contributed by atoms with Crippen LogP contribution in [-0.2, 0) is 9.53 Å². The molecular formula is C19H18O5. The van der Waals surface area contributed by atoms with Gasteiger partial charge in [0.2, 0.25) is 0 Å². The van der Waals surface area contributed by atoms with Crippen LogP contribution < -0.4 is 4.74 Å². The molecule has 2 rings (SSSR count). The molecule has 0 fully saturated rings. The summed E-state index contributed by atoms with van der Waals surface area (Å²) in [6, 6.07) is 15.0. The molecule has 5 nitrogen and oxygen atoms in total. The van der Waals surface area contributed by atoms with Gasteiger partial charge in [-0.15, -0.1) is 0 Å². The topological polar surface area (TPSA) is 69.7 Å². The van der Waals surface area contributed by atoms with Crippen molar-refractivity contribution in [3.05, 3.63) is 65.7 Å². The van der Waals surface area contributed by atoms with Gasteiger partial charge in [-0.3, -0.25) is 9.59 Å². The highest BCUT2D eigenvalue weighted by Crippen LogP contribution is 2.15. The van der Waals surface area contributed by atoms with E-state index < -0.39 is 11.9 Å². The minimum atomic E-state index is -0.528. The van der Waals surface area contributed by atoms with E-state index in [1.807, 2.05) is 6.07 Å². The molecule has 24 heavy (non-hydrogen) atoms. The van der Waals surface area contributed by atoms with Crippen molar-refractivity contribution in [2.75, 3.05) is 6.61 Å². The minimum Gasteiger partial charge on any atom is -0.462 e. The van der Waals surface area contributed by atoms with Gasteiger partial charge in [0.15, 0.2) is 5.78 Å². The van der Waals surface area contributed by atoms with Gasteiger partial charge in [0, 0.05) is 12.0 Å². The van der Waals surface area contributed by atoms with Crippen LogP contribution in [0.5, 0.6) is 5.75 Å². The summed E-state index contributed by atoms with van der Waals surface area (Å²) >= 11 is 0. The van der Waals surface area contributed by atoms with Gasteiger partial charge in [0.05, 0.1) is 18.6 Å². The minimum absolute atomic E-state index is 0.0304. The first-order chi connectivity index (χ1) is 11.6. The maximum atomic E-state index is 11.9. The standard InChI is InChI=1S/C19H18O5/c1-2-23-19(22)15-9-6-10-16(13-15)24-18(21)12-11-17(20)14-7-4-3-5-8-14/h3-10,13H,2,11-12H2,1H3. The van der Waals surface area contributed by atoms with E-state index in [-0.39, 0.29) is 31.0 Å². The second-order valence-electron chi connectivity index (χ2n) is 5.01. The van der Waals surface area contributed by atoms with Crippen LogP contribution in [0.15, 0.2) is 54.6 Å². The Morgan fingerprint density at radius 1 is 0.875 bits per heavy atom. The molecule has 0 bridgehead atoms. The molecular weight excluding hydrogens is 308 g/mol. The summed E-state index contributed by atoms with van der Waals surface area (Å²) in [7, 11) is 0. The van der Waals surface area contributed by atoms with E-state index in [0.29, 0.717) is 11.1 Å². The molecule has 0 aliphatic rings. The number of benzene rings is 2. The van der Waals surface area contributed by atoms with E-state index in [0.717, 1.165) is 0 Å². The van der Waals surface area contributed by atoms with Crippen LogP contribution in [0, 0.1) is 0 Å². The number of ketones is 1. The van der Waals surface area contributed by atoms with Crippen molar-refractivity contribution in [1.82, 2.24) is 0 Å². The number of carbonyl (C=O) groups excluding carboxylic acids is 3. The lowest BCUT2D eigenvalue weighted by Gasteiger charge is -2.06. The molecule has 0 heterocycles. The second-order valence-corrected chi connectivity index (χ2v) is 5.01. The molecule has 2 aromatic carbocycles. The monoisotopic (exact) mass is 326 g/mol. The SMILES string of the molecule is CCOC(=O)c1cccc(OC(=O)CCC(=O)c2ccccc2)c1. The molecule has 5 heteroatoms. The molecule has 0 aliphatic carbocycles. The molecule has 0 spiro atoms. The summed E-state index contributed by atoms with van der Waals surface area (Å²) in [5, 5.41) is 0. The number of esters is 2. The smallest absolute Gasteiger partial charge is 0.338 e. The molecule has 0 aliphatic heterocycles. The van der Waals surface area contributed by atoms with Gasteiger partial charge in [-0.25, -0.2) is 4.79 Å². The zero-order valence-electron chi connectivity index (χ0n) is 13.4. The number of rotatable bonds is 7. The summed E-state index contributed by atoms with van der Waals surface area (Å²) in [4.78, 5) is 35.5. The number of hydrogen-bond acceptors (Lipinski definition) is 5. The molecule has 0 unspecified atom stereocenters. The second kappa shape index (κ2) is 8.62. The third-order valence-corrected chi connectivity index (χ3v) is 3.23. The van der Waals surface area contributed by atoms with Crippen LogP contribution in [0.4, 0.5) is 0 Å². The van der Waals surface area contributed by atoms with Crippen LogP contribution in [-0.4, -0.2) is 24.3 Å². The number of hydrogen-bond donors (Lipinski definition) is 0. The summed E-state index contributed by atoms with van der Waals surface area (Å²) in [5.41, 5.74) is 0.872. The Morgan fingerprint density at radius 2 is 1.58 bits per heavy atom. The van der Waals surface area contributed by atoms with Gasteiger partial charge in [-0.1, -0.05) is 36.4 Å². The molecule has 0 saturated heterocycles. The first-order valence-corrected chi connectivity index (χ1v) is 7.66. The van der Waals surface area contributed by atoms with Crippen LogP contribution in [0.3, 0.4) is 0 Å². The molecule has 124 valence electrons. The maximum Gasteiger partial charge on any atom is 0.338 e. The van der Waals surface area contributed by atoms with E-state index in [1.54, 1.807) is 49.4 Å². The third-order valence-electron chi connectivity index (χ3n) is 3.23. The predicted molar refractivity (Wildman–Crippen MR) is 88.0 cm³/mol. The quantitative estimate of drug-likeness (QED) is 0.443. The molecule has 0 radical (unpaired) electrons. The molecule has 0 amide bonds. The number of ether oxygens (including phenoxy) is 2. The van der Waals surface area contributed by atoms with Crippen molar-refractivity contribution in [2.24, 2.45) is 0 Å². The number of Topliss-reactive ketones (excluding diaryl/α,β-unsaturated/α-hetero) is 1. The van der Waals surface area contributed by atoms with Crippen molar-refractivity contribution in [1.29, 1.82) is 0 Å². The molecule has 0 aromatic heterocycles. The average molecular weight is 326 g/mol. The molecule has 0 N–H and O–H groups in total. The largest absolute Gasteiger partial charge is 0.462 e. The van der Waals surface area contributed by atoms with Crippen LogP contribution in [0.2, 0.25) is 0 Å². The molecule has 0 saturated carbocycles. The summed E-state index contributed by atoms with van der Waals surface area (Å²) < 4.78 is 10.1. The number of carbonyl (C=O) groups is 3. The zero-order valence-corrected chi connectivity index (χ0v) is 13.4. The normalized spacial score (nSPS) is 10.0. The van der Waals surface area contributed by atoms with Crippen molar-refractivity contribution in [3.8, 4) is 5.75 Å². The van der Waals surface area contributed by atoms with Crippen LogP contribution in [0.1, 0.15) is 40.5 Å². The van der Waals surface area contributed by atoms with Gasteiger partial charge in [-0.05, 0) is 25.1 Å². The van der Waals surface area contributed by atoms with Gasteiger partial charge < -0.3 is 9.47 Å². The Kier molecular flexibility index (Phi) is 6.25. The fourth-order valence-electron chi connectivity index (χ4n) is 2.07. The summed E-state index contributed by atoms with van der Waals surface area (Å²) in [6.07, 6.45) is 0.0395. The van der Waals surface area contributed by atoms with E-state index in [9.17, 15) is 14.4 Å². The lowest BCUT2D eigenvalue weighted by atomic mass is 10.1. The fourth-order valence-corrected chi connectivity index (χ4v) is 2.07. The highest BCUT2D eigenvalue weighted by atomic mass is 16.5. The van der Waals surface area contributed by atoms with Gasteiger partial charge in [0.1, 0.15) is 5.75 Å². The summed E-state index contributed by atoms with van der Waals surface area (Å²) in [5.74, 6) is -0.875. The first-order valence-electron chi connectivity index (χ1n) is 7.66. The maximum absolute atomic E-state index is 11.9. The van der Waals surface area contributed by atoms with E-state index in [4.69, 9.17) is 9.47 Å². The Labute approximate surface area is 140 Å². The van der Waals surface area contributed by atoms with Crippen molar-refractivity contribution in [3.63, 3.8) is 0 Å². The average Bonchev–Trinajstić information content (AvgIpc) is 2.61. The Hall–Kier alpha value is -2.95. The van der Waals surface area contributed by atoms with E-state index in [2.05, 4.69) is 0 Å². The van der Waals surface area contributed by atoms with Crippen LogP contribution >= 0.6 is 0 Å². The molecule has 0 atom stereocenters. The lowest BCUT2D eigenvalue weighted by Crippen LogP contribution is -2.11. The van der Waals surface area contributed by atoms with Gasteiger partial charge >= 0.3 is 11.9 Å². The molecule has 2 aromatic rings. The van der Waals surface area contributed by atoms with Gasteiger partial charge in [0.25, 0.3) is 0 Å². The van der Waals surface area contributed by atoms with Crippen molar-refractivity contribution in [2.45, 2.75) is 19.8 Å². The highest BCUT2D eigenvalue weighted by Gasteiger charge is 2.12. The fraction of sp³-hybridized carbons (Fsp3) is 0.211. The van der Waals surface area contributed by atoms with Crippen molar-refractivity contribution >= 4 is 17.7 Å². The van der Waals surface area contributed by atoms with Crippen molar-refractivity contribution < 1.29 is 23.9 Å². The first kappa shape index (κ1) is 17.4. The van der Waals surface area contributed by atoms with Gasteiger partial charge in [-0.2, -0.15) is 0 Å². The highest BCUT2D eigenvalue weighted by molar-refractivity contribution is 5.97. The Morgan fingerprint density at radius 3 is 2.29 bits per heavy atom. The Balaban J connectivity index is 1.89. The lowest BCUT2D eigenvalue weighted by molar-refractivity contribution is -0.134. The zero-order chi connectivity index (χ0) is 17.4. The van der Waals surface area contributed by atoms with E-state index in [1.165, 1.54) is 6.07 Å². The summed E-state index contributed by atoms with van der Waals surface area (Å²) in [6.45, 7) is 1.98. The van der Waals surface area contributed by atoms with Crippen LogP contribution in [0.25, 0.3) is 0 Å². The third kappa shape index (κ3) is 5.05.